The van der Waals surface area contributed by atoms with Gasteiger partial charge in [-0.3, -0.25) is 10.1 Å². The van der Waals surface area contributed by atoms with Crippen molar-refractivity contribution >= 4 is 17.2 Å². The molecule has 0 aliphatic carbocycles. The van der Waals surface area contributed by atoms with E-state index in [9.17, 15) is 4.79 Å². The first-order valence-corrected chi connectivity index (χ1v) is 6.63. The minimum Gasteiger partial charge on any atom is -0.481 e. The number of hydrogen-bond donors (Lipinski definition) is 2. The molecule has 1 amide bonds. The molecule has 0 spiro atoms. The molecule has 2 aromatic rings. The number of pyridine rings is 1. The van der Waals surface area contributed by atoms with Crippen LogP contribution in [-0.4, -0.2) is 18.0 Å². The van der Waals surface area contributed by atoms with Gasteiger partial charge in [0.2, 0.25) is 11.8 Å². The topological polar surface area (TPSA) is 77.2 Å². The SMILES string of the molecule is COc1ccc(C(NCc2cccs2)C(N)=O)cn1. The zero-order valence-electron chi connectivity index (χ0n) is 10.5. The summed E-state index contributed by atoms with van der Waals surface area (Å²) in [7, 11) is 1.54. The molecule has 2 aromatic heterocycles. The zero-order chi connectivity index (χ0) is 13.7. The van der Waals surface area contributed by atoms with E-state index in [0.717, 1.165) is 10.4 Å². The van der Waals surface area contributed by atoms with Gasteiger partial charge in [-0.2, -0.15) is 0 Å². The van der Waals surface area contributed by atoms with E-state index in [4.69, 9.17) is 10.5 Å². The highest BCUT2D eigenvalue weighted by molar-refractivity contribution is 7.09. The van der Waals surface area contributed by atoms with Gasteiger partial charge >= 0.3 is 0 Å². The second kappa shape index (κ2) is 6.31. The van der Waals surface area contributed by atoms with Crippen molar-refractivity contribution in [1.82, 2.24) is 10.3 Å². The zero-order valence-corrected chi connectivity index (χ0v) is 11.3. The van der Waals surface area contributed by atoms with Crippen molar-refractivity contribution in [3.63, 3.8) is 0 Å². The number of nitrogens with one attached hydrogen (secondary N) is 1. The summed E-state index contributed by atoms with van der Waals surface area (Å²) < 4.78 is 4.98. The molecular weight excluding hydrogens is 262 g/mol. The van der Waals surface area contributed by atoms with E-state index < -0.39 is 11.9 Å². The molecule has 0 fully saturated rings. The van der Waals surface area contributed by atoms with Crippen LogP contribution in [0.2, 0.25) is 0 Å². The van der Waals surface area contributed by atoms with Crippen molar-refractivity contribution < 1.29 is 9.53 Å². The Morgan fingerprint density at radius 2 is 2.37 bits per heavy atom. The lowest BCUT2D eigenvalue weighted by atomic mass is 10.1. The van der Waals surface area contributed by atoms with Gasteiger partial charge in [0, 0.05) is 23.7 Å². The molecule has 2 rings (SSSR count). The second-order valence-corrected chi connectivity index (χ2v) is 4.96. The Morgan fingerprint density at radius 3 is 2.89 bits per heavy atom. The highest BCUT2D eigenvalue weighted by atomic mass is 32.1. The second-order valence-electron chi connectivity index (χ2n) is 3.93. The molecule has 0 radical (unpaired) electrons. The summed E-state index contributed by atoms with van der Waals surface area (Å²) in [6, 6.07) is 6.90. The van der Waals surface area contributed by atoms with Crippen molar-refractivity contribution in [1.29, 1.82) is 0 Å². The highest BCUT2D eigenvalue weighted by Crippen LogP contribution is 2.16. The first-order chi connectivity index (χ1) is 9.20. The summed E-state index contributed by atoms with van der Waals surface area (Å²) in [5.74, 6) is 0.0775. The van der Waals surface area contributed by atoms with Crippen molar-refractivity contribution in [2.24, 2.45) is 5.73 Å². The van der Waals surface area contributed by atoms with Gasteiger partial charge in [-0.25, -0.2) is 4.98 Å². The van der Waals surface area contributed by atoms with Crippen LogP contribution in [-0.2, 0) is 11.3 Å². The van der Waals surface area contributed by atoms with Gasteiger partial charge < -0.3 is 10.5 Å². The van der Waals surface area contributed by atoms with Gasteiger partial charge in [0.25, 0.3) is 0 Å². The van der Waals surface area contributed by atoms with Crippen molar-refractivity contribution in [2.45, 2.75) is 12.6 Å². The van der Waals surface area contributed by atoms with E-state index in [1.165, 1.54) is 0 Å². The smallest absolute Gasteiger partial charge is 0.239 e. The molecule has 0 aliphatic heterocycles. The average Bonchev–Trinajstić information content (AvgIpc) is 2.92. The molecular formula is C13H15N3O2S. The minimum absolute atomic E-state index is 0.427. The van der Waals surface area contributed by atoms with Gasteiger partial charge in [-0.05, 0) is 17.0 Å². The number of methoxy groups -OCH3 is 1. The van der Waals surface area contributed by atoms with Crippen molar-refractivity contribution in [3.8, 4) is 5.88 Å². The lowest BCUT2D eigenvalue weighted by molar-refractivity contribution is -0.120. The fourth-order valence-corrected chi connectivity index (χ4v) is 2.34. The van der Waals surface area contributed by atoms with Crippen LogP contribution in [0.1, 0.15) is 16.5 Å². The number of hydrogen-bond acceptors (Lipinski definition) is 5. The maximum absolute atomic E-state index is 11.5. The number of thiophene rings is 1. The van der Waals surface area contributed by atoms with E-state index >= 15 is 0 Å². The fraction of sp³-hybridized carbons (Fsp3) is 0.231. The molecule has 3 N–H and O–H groups in total. The van der Waals surface area contributed by atoms with Crippen LogP contribution in [0.25, 0.3) is 0 Å². The molecule has 0 aliphatic rings. The van der Waals surface area contributed by atoms with E-state index in [0.29, 0.717) is 12.4 Å². The van der Waals surface area contributed by atoms with Gasteiger partial charge in [-0.15, -0.1) is 11.3 Å². The first kappa shape index (κ1) is 13.5. The third-order valence-corrected chi connectivity index (χ3v) is 3.52. The average molecular weight is 277 g/mol. The number of ether oxygens (including phenoxy) is 1. The third kappa shape index (κ3) is 3.52. The third-order valence-electron chi connectivity index (χ3n) is 2.65. The summed E-state index contributed by atoms with van der Waals surface area (Å²) in [5.41, 5.74) is 6.15. The first-order valence-electron chi connectivity index (χ1n) is 5.75. The maximum atomic E-state index is 11.5. The van der Waals surface area contributed by atoms with E-state index in [1.807, 2.05) is 17.5 Å². The van der Waals surface area contributed by atoms with E-state index in [2.05, 4.69) is 10.3 Å². The van der Waals surface area contributed by atoms with Crippen LogP contribution in [0, 0.1) is 0 Å². The maximum Gasteiger partial charge on any atom is 0.239 e. The summed E-state index contributed by atoms with van der Waals surface area (Å²) >= 11 is 1.63. The number of aromatic nitrogens is 1. The molecule has 2 heterocycles. The quantitative estimate of drug-likeness (QED) is 0.838. The van der Waals surface area contributed by atoms with Gasteiger partial charge in [0.15, 0.2) is 0 Å². The lowest BCUT2D eigenvalue weighted by Crippen LogP contribution is -2.33. The predicted octanol–water partition coefficient (Wildman–Crippen LogP) is 1.47. The van der Waals surface area contributed by atoms with Crippen LogP contribution in [0.4, 0.5) is 0 Å². The summed E-state index contributed by atoms with van der Waals surface area (Å²) in [6.45, 7) is 0.595. The standard InChI is InChI=1S/C13H15N3O2S/c1-18-11-5-4-9(7-15-11)12(13(14)17)16-8-10-3-2-6-19-10/h2-7,12,16H,8H2,1H3,(H2,14,17). The summed E-state index contributed by atoms with van der Waals surface area (Å²) in [5, 5.41) is 5.12. The normalized spacial score (nSPS) is 12.1. The van der Waals surface area contributed by atoms with Crippen LogP contribution in [0.3, 0.4) is 0 Å². The van der Waals surface area contributed by atoms with Crippen molar-refractivity contribution in [2.75, 3.05) is 7.11 Å². The molecule has 6 heteroatoms. The van der Waals surface area contributed by atoms with Crippen molar-refractivity contribution in [3.05, 3.63) is 46.3 Å². The van der Waals surface area contributed by atoms with Crippen LogP contribution >= 0.6 is 11.3 Å². The Hall–Kier alpha value is -1.92. The Balaban J connectivity index is 2.08. The number of primary amides is 1. The minimum atomic E-state index is -0.555. The summed E-state index contributed by atoms with van der Waals surface area (Å²) in [6.07, 6.45) is 1.59. The number of rotatable bonds is 6. The van der Waals surface area contributed by atoms with E-state index in [1.54, 1.807) is 36.8 Å². The molecule has 0 bridgehead atoms. The largest absolute Gasteiger partial charge is 0.481 e. The Labute approximate surface area is 115 Å². The number of nitrogens with zero attached hydrogens (tertiary/aromatic N) is 1. The summed E-state index contributed by atoms with van der Waals surface area (Å²) in [4.78, 5) is 16.7. The fourth-order valence-electron chi connectivity index (χ4n) is 1.68. The molecule has 0 saturated carbocycles. The van der Waals surface area contributed by atoms with Gasteiger partial charge in [-0.1, -0.05) is 12.1 Å². The van der Waals surface area contributed by atoms with Crippen LogP contribution in [0.5, 0.6) is 5.88 Å². The molecule has 0 saturated heterocycles. The Bertz CT molecular complexity index is 525. The Morgan fingerprint density at radius 1 is 1.53 bits per heavy atom. The molecule has 1 unspecified atom stereocenters. The Kier molecular flexibility index (Phi) is 4.48. The molecule has 100 valence electrons. The molecule has 19 heavy (non-hydrogen) atoms. The highest BCUT2D eigenvalue weighted by Gasteiger charge is 2.17. The number of carbonyl (C=O) groups is 1. The monoisotopic (exact) mass is 277 g/mol. The van der Waals surface area contributed by atoms with Gasteiger partial charge in [0.1, 0.15) is 6.04 Å². The van der Waals surface area contributed by atoms with Crippen LogP contribution < -0.4 is 15.8 Å². The molecule has 1 atom stereocenters. The number of nitrogens with two attached hydrogens (primary N) is 1. The van der Waals surface area contributed by atoms with Gasteiger partial charge in [0.05, 0.1) is 7.11 Å². The van der Waals surface area contributed by atoms with E-state index in [-0.39, 0.29) is 0 Å². The number of amides is 1. The number of carbonyl (C=O) groups excluding carboxylic acids is 1. The predicted molar refractivity (Wildman–Crippen MR) is 73.9 cm³/mol. The molecule has 5 nitrogen and oxygen atoms in total. The lowest BCUT2D eigenvalue weighted by Gasteiger charge is -2.15. The molecule has 0 aromatic carbocycles. The van der Waals surface area contributed by atoms with Crippen LogP contribution in [0.15, 0.2) is 35.8 Å².